The molecule has 0 bridgehead atoms. The molecule has 1 atom stereocenters. The summed E-state index contributed by atoms with van der Waals surface area (Å²) in [5, 5.41) is 7.98. The first-order chi connectivity index (χ1) is 9.69. The zero-order valence-corrected chi connectivity index (χ0v) is 12.2. The number of rotatable bonds is 4. The van der Waals surface area contributed by atoms with Crippen LogP contribution < -0.4 is 15.5 Å². The van der Waals surface area contributed by atoms with Gasteiger partial charge in [0.2, 0.25) is 5.91 Å². The van der Waals surface area contributed by atoms with E-state index in [9.17, 15) is 4.79 Å². The van der Waals surface area contributed by atoms with E-state index in [1.165, 1.54) is 0 Å². The van der Waals surface area contributed by atoms with E-state index >= 15 is 0 Å². The molecular formula is C14H16N4OS. The maximum absolute atomic E-state index is 11.8. The van der Waals surface area contributed by atoms with Crippen LogP contribution in [0.1, 0.15) is 17.3 Å². The van der Waals surface area contributed by atoms with Crippen LogP contribution >= 0.6 is 11.3 Å². The molecule has 1 amide bonds. The second-order valence-corrected chi connectivity index (χ2v) is 5.54. The Morgan fingerprint density at radius 1 is 1.50 bits per heavy atom. The fraction of sp³-hybridized carbons (Fsp3) is 0.286. The lowest BCUT2D eigenvalue weighted by molar-refractivity contribution is -0.117. The normalized spacial score (nSPS) is 16.9. The van der Waals surface area contributed by atoms with Gasteiger partial charge in [-0.05, 0) is 19.2 Å². The SMILES string of the molecule is CNC1C(=O)Nc2cc(N(C)Cc3cscn3)ccc21. The lowest BCUT2D eigenvalue weighted by Gasteiger charge is -2.19. The molecule has 0 saturated heterocycles. The highest BCUT2D eigenvalue weighted by Gasteiger charge is 2.29. The van der Waals surface area contributed by atoms with Gasteiger partial charge in [0, 0.05) is 29.4 Å². The largest absolute Gasteiger partial charge is 0.369 e. The topological polar surface area (TPSA) is 57.3 Å². The Labute approximate surface area is 121 Å². The summed E-state index contributed by atoms with van der Waals surface area (Å²) in [6.07, 6.45) is 0. The molecule has 1 unspecified atom stereocenters. The van der Waals surface area contributed by atoms with Gasteiger partial charge >= 0.3 is 0 Å². The van der Waals surface area contributed by atoms with Crippen LogP contribution in [-0.4, -0.2) is 25.0 Å². The summed E-state index contributed by atoms with van der Waals surface area (Å²) >= 11 is 1.60. The average molecular weight is 288 g/mol. The fourth-order valence-electron chi connectivity index (χ4n) is 2.42. The van der Waals surface area contributed by atoms with E-state index in [-0.39, 0.29) is 11.9 Å². The van der Waals surface area contributed by atoms with Crippen LogP contribution in [0.15, 0.2) is 29.1 Å². The Kier molecular flexibility index (Phi) is 3.42. The number of hydrogen-bond acceptors (Lipinski definition) is 5. The second kappa shape index (κ2) is 5.22. The van der Waals surface area contributed by atoms with E-state index in [2.05, 4.69) is 20.5 Å². The number of anilines is 2. The third-order valence-electron chi connectivity index (χ3n) is 3.48. The Bertz CT molecular complexity index is 626. The molecule has 1 aromatic carbocycles. The van der Waals surface area contributed by atoms with Crippen LogP contribution in [-0.2, 0) is 11.3 Å². The number of carbonyl (C=O) groups excluding carboxylic acids is 1. The van der Waals surface area contributed by atoms with Crippen molar-refractivity contribution in [3.8, 4) is 0 Å². The zero-order valence-electron chi connectivity index (χ0n) is 11.4. The molecule has 3 rings (SSSR count). The summed E-state index contributed by atoms with van der Waals surface area (Å²) in [4.78, 5) is 18.2. The molecule has 20 heavy (non-hydrogen) atoms. The molecule has 0 radical (unpaired) electrons. The standard InChI is InChI=1S/C14H16N4OS/c1-15-13-11-4-3-10(5-12(11)17-14(13)19)18(2)6-9-7-20-8-16-9/h3-5,7-8,13,15H,6H2,1-2H3,(H,17,19). The van der Waals surface area contributed by atoms with Crippen molar-refractivity contribution in [1.29, 1.82) is 0 Å². The van der Waals surface area contributed by atoms with E-state index in [1.54, 1.807) is 18.4 Å². The maximum atomic E-state index is 11.8. The first kappa shape index (κ1) is 13.1. The summed E-state index contributed by atoms with van der Waals surface area (Å²) in [6.45, 7) is 0.756. The number of benzene rings is 1. The molecule has 2 N–H and O–H groups in total. The predicted molar refractivity (Wildman–Crippen MR) is 81.1 cm³/mol. The molecule has 1 aliphatic rings. The lowest BCUT2D eigenvalue weighted by atomic mass is 10.1. The predicted octanol–water partition coefficient (Wildman–Crippen LogP) is 1.99. The van der Waals surface area contributed by atoms with Crippen LogP contribution in [0, 0.1) is 0 Å². The number of nitrogens with zero attached hydrogens (tertiary/aromatic N) is 2. The van der Waals surface area contributed by atoms with Crippen LogP contribution in [0.3, 0.4) is 0 Å². The van der Waals surface area contributed by atoms with Crippen molar-refractivity contribution in [3.63, 3.8) is 0 Å². The molecule has 0 spiro atoms. The number of amides is 1. The van der Waals surface area contributed by atoms with Gasteiger partial charge < -0.3 is 15.5 Å². The smallest absolute Gasteiger partial charge is 0.246 e. The van der Waals surface area contributed by atoms with Gasteiger partial charge in [0.1, 0.15) is 6.04 Å². The summed E-state index contributed by atoms with van der Waals surface area (Å²) < 4.78 is 0. The van der Waals surface area contributed by atoms with Crippen LogP contribution in [0.2, 0.25) is 0 Å². The molecule has 104 valence electrons. The molecule has 0 saturated carbocycles. The van der Waals surface area contributed by atoms with Gasteiger partial charge in [0.05, 0.1) is 17.7 Å². The molecule has 2 aromatic rings. The van der Waals surface area contributed by atoms with Crippen LogP contribution in [0.5, 0.6) is 0 Å². The minimum absolute atomic E-state index is 0.00167. The minimum Gasteiger partial charge on any atom is -0.369 e. The van der Waals surface area contributed by atoms with Crippen molar-refractivity contribution >= 4 is 28.6 Å². The third kappa shape index (κ3) is 2.28. The van der Waals surface area contributed by atoms with Crippen molar-refractivity contribution in [2.75, 3.05) is 24.3 Å². The summed E-state index contributed by atoms with van der Waals surface area (Å²) in [6, 6.07) is 5.80. The van der Waals surface area contributed by atoms with Crippen molar-refractivity contribution < 1.29 is 4.79 Å². The Balaban J connectivity index is 1.83. The maximum Gasteiger partial charge on any atom is 0.246 e. The van der Waals surface area contributed by atoms with Crippen molar-refractivity contribution in [1.82, 2.24) is 10.3 Å². The quantitative estimate of drug-likeness (QED) is 0.903. The van der Waals surface area contributed by atoms with E-state index in [1.807, 2.05) is 36.1 Å². The number of fused-ring (bicyclic) bond motifs is 1. The van der Waals surface area contributed by atoms with Gasteiger partial charge in [0.15, 0.2) is 0 Å². The fourth-order valence-corrected chi connectivity index (χ4v) is 2.97. The van der Waals surface area contributed by atoms with E-state index in [4.69, 9.17) is 0 Å². The summed E-state index contributed by atoms with van der Waals surface area (Å²) in [5.74, 6) is 0.00167. The Morgan fingerprint density at radius 3 is 3.05 bits per heavy atom. The van der Waals surface area contributed by atoms with Gasteiger partial charge in [0.25, 0.3) is 0 Å². The van der Waals surface area contributed by atoms with E-state index in [0.717, 1.165) is 29.2 Å². The van der Waals surface area contributed by atoms with E-state index < -0.39 is 0 Å². The van der Waals surface area contributed by atoms with Gasteiger partial charge in [-0.1, -0.05) is 6.07 Å². The van der Waals surface area contributed by atoms with Gasteiger partial charge in [-0.3, -0.25) is 4.79 Å². The van der Waals surface area contributed by atoms with Crippen LogP contribution in [0.4, 0.5) is 11.4 Å². The number of nitrogens with one attached hydrogen (secondary N) is 2. The van der Waals surface area contributed by atoms with E-state index in [0.29, 0.717) is 0 Å². The highest BCUT2D eigenvalue weighted by molar-refractivity contribution is 7.07. The summed E-state index contributed by atoms with van der Waals surface area (Å²) in [7, 11) is 3.81. The first-order valence-corrected chi connectivity index (χ1v) is 7.33. The average Bonchev–Trinajstić information content (AvgIpc) is 3.04. The van der Waals surface area contributed by atoms with Crippen molar-refractivity contribution in [2.24, 2.45) is 0 Å². The van der Waals surface area contributed by atoms with Crippen LogP contribution in [0.25, 0.3) is 0 Å². The number of hydrogen-bond donors (Lipinski definition) is 2. The Hall–Kier alpha value is -1.92. The highest BCUT2D eigenvalue weighted by atomic mass is 32.1. The summed E-state index contributed by atoms with van der Waals surface area (Å²) in [5.41, 5.74) is 5.84. The van der Waals surface area contributed by atoms with Crippen molar-refractivity contribution in [3.05, 3.63) is 40.3 Å². The molecule has 6 heteroatoms. The monoisotopic (exact) mass is 288 g/mol. The number of aromatic nitrogens is 1. The van der Waals surface area contributed by atoms with Crippen molar-refractivity contribution in [2.45, 2.75) is 12.6 Å². The molecule has 0 aliphatic carbocycles. The van der Waals surface area contributed by atoms with Gasteiger partial charge in [-0.2, -0.15) is 0 Å². The minimum atomic E-state index is -0.247. The lowest BCUT2D eigenvalue weighted by Crippen LogP contribution is -2.23. The third-order valence-corrected chi connectivity index (χ3v) is 4.12. The van der Waals surface area contributed by atoms with Gasteiger partial charge in [-0.15, -0.1) is 11.3 Å². The molecular weight excluding hydrogens is 272 g/mol. The Morgan fingerprint density at radius 2 is 2.35 bits per heavy atom. The van der Waals surface area contributed by atoms with Gasteiger partial charge in [-0.25, -0.2) is 4.98 Å². The first-order valence-electron chi connectivity index (χ1n) is 6.39. The second-order valence-electron chi connectivity index (χ2n) is 4.82. The molecule has 1 aliphatic heterocycles. The molecule has 5 nitrogen and oxygen atoms in total. The zero-order chi connectivity index (χ0) is 14.1. The molecule has 0 fully saturated rings. The highest BCUT2D eigenvalue weighted by Crippen LogP contribution is 2.33. The molecule has 1 aromatic heterocycles. The number of carbonyl (C=O) groups is 1. The molecule has 2 heterocycles. The number of likely N-dealkylation sites (N-methyl/N-ethyl adjacent to an activating group) is 1. The number of thiazole rings is 1.